The fourth-order valence-corrected chi connectivity index (χ4v) is 3.73. The van der Waals surface area contributed by atoms with E-state index in [1.807, 2.05) is 43.9 Å². The molecule has 1 aliphatic carbocycles. The van der Waals surface area contributed by atoms with E-state index >= 15 is 0 Å². The van der Waals surface area contributed by atoms with Crippen molar-refractivity contribution in [1.82, 2.24) is 0 Å². The van der Waals surface area contributed by atoms with Crippen LogP contribution >= 0.6 is 0 Å². The molecule has 0 unspecified atom stereocenters. The molecule has 112 valence electrons. The van der Waals surface area contributed by atoms with Crippen molar-refractivity contribution in [3.8, 4) is 5.75 Å². The third-order valence-corrected chi connectivity index (χ3v) is 4.56. The monoisotopic (exact) mass is 304 g/mol. The summed E-state index contributed by atoms with van der Waals surface area (Å²) in [5.41, 5.74) is 1.41. The Morgan fingerprint density at radius 3 is 2.71 bits per heavy atom. The van der Waals surface area contributed by atoms with E-state index in [2.05, 4.69) is 0 Å². The lowest BCUT2D eigenvalue weighted by molar-refractivity contribution is -0.117. The van der Waals surface area contributed by atoms with Gasteiger partial charge < -0.3 is 14.3 Å². The van der Waals surface area contributed by atoms with Crippen LogP contribution in [0.5, 0.6) is 5.75 Å². The van der Waals surface area contributed by atoms with Crippen LogP contribution in [-0.4, -0.2) is 25.8 Å². The van der Waals surface area contributed by atoms with Gasteiger partial charge in [-0.05, 0) is 25.7 Å². The van der Waals surface area contributed by atoms with Crippen molar-refractivity contribution in [3.63, 3.8) is 0 Å². The lowest BCUT2D eigenvalue weighted by Gasteiger charge is -2.22. The van der Waals surface area contributed by atoms with Gasteiger partial charge in [-0.3, -0.25) is 4.79 Å². The SMILES string of the molecule is C[Si](C)(C)OC1=C2[C@@H](COc3ccccc3[C@H]2O)CC1=O. The fourth-order valence-electron chi connectivity index (χ4n) is 2.89. The number of ether oxygens (including phenoxy) is 1. The van der Waals surface area contributed by atoms with Gasteiger partial charge in [0.15, 0.2) is 5.78 Å². The maximum absolute atomic E-state index is 12.3. The lowest BCUT2D eigenvalue weighted by atomic mass is 9.94. The molecule has 0 saturated carbocycles. The number of carbonyl (C=O) groups excluding carboxylic acids is 1. The van der Waals surface area contributed by atoms with Gasteiger partial charge in [-0.1, -0.05) is 18.2 Å². The van der Waals surface area contributed by atoms with E-state index in [0.29, 0.717) is 35.7 Å². The number of benzene rings is 1. The Kier molecular flexibility index (Phi) is 3.41. The molecule has 0 radical (unpaired) electrons. The largest absolute Gasteiger partial charge is 0.542 e. The van der Waals surface area contributed by atoms with Crippen LogP contribution in [0.4, 0.5) is 0 Å². The van der Waals surface area contributed by atoms with Crippen LogP contribution in [-0.2, 0) is 9.22 Å². The van der Waals surface area contributed by atoms with E-state index in [1.54, 1.807) is 0 Å². The molecule has 1 aromatic rings. The first-order valence-corrected chi connectivity index (χ1v) is 10.6. The second kappa shape index (κ2) is 5.00. The molecule has 1 aromatic carbocycles. The number of allylic oxidation sites excluding steroid dienone is 1. The number of ketones is 1. The van der Waals surface area contributed by atoms with Gasteiger partial charge in [-0.2, -0.15) is 0 Å². The molecular formula is C16H20O4Si. The Morgan fingerprint density at radius 1 is 1.29 bits per heavy atom. The summed E-state index contributed by atoms with van der Waals surface area (Å²) in [6, 6.07) is 7.43. The molecule has 1 heterocycles. The highest BCUT2D eigenvalue weighted by molar-refractivity contribution is 6.70. The number of aliphatic hydroxyl groups is 1. The van der Waals surface area contributed by atoms with Crippen molar-refractivity contribution >= 4 is 14.1 Å². The molecule has 3 rings (SSSR count). The van der Waals surface area contributed by atoms with Gasteiger partial charge in [-0.15, -0.1) is 0 Å². The summed E-state index contributed by atoms with van der Waals surface area (Å²) in [6.45, 7) is 6.52. The Labute approximate surface area is 125 Å². The van der Waals surface area contributed by atoms with Gasteiger partial charge in [0.1, 0.15) is 17.6 Å². The summed E-state index contributed by atoms with van der Waals surface area (Å²) in [4.78, 5) is 12.3. The second-order valence-corrected chi connectivity index (χ2v) is 11.0. The summed E-state index contributed by atoms with van der Waals surface area (Å²) in [6.07, 6.45) is -0.466. The van der Waals surface area contributed by atoms with E-state index in [4.69, 9.17) is 9.16 Å². The van der Waals surface area contributed by atoms with Crippen LogP contribution < -0.4 is 4.74 Å². The zero-order valence-electron chi connectivity index (χ0n) is 12.6. The third kappa shape index (κ3) is 2.63. The number of hydrogen-bond donors (Lipinski definition) is 1. The predicted molar refractivity (Wildman–Crippen MR) is 81.5 cm³/mol. The molecule has 0 saturated heterocycles. The van der Waals surface area contributed by atoms with Crippen LogP contribution in [0, 0.1) is 5.92 Å². The minimum Gasteiger partial charge on any atom is -0.542 e. The quantitative estimate of drug-likeness (QED) is 0.854. The van der Waals surface area contributed by atoms with Gasteiger partial charge in [-0.25, -0.2) is 0 Å². The van der Waals surface area contributed by atoms with E-state index in [-0.39, 0.29) is 11.7 Å². The molecule has 1 N–H and O–H groups in total. The van der Waals surface area contributed by atoms with Crippen molar-refractivity contribution < 1.29 is 19.1 Å². The maximum Gasteiger partial charge on any atom is 0.242 e. The van der Waals surface area contributed by atoms with Crippen molar-refractivity contribution in [2.75, 3.05) is 6.61 Å². The molecule has 0 spiro atoms. The zero-order valence-corrected chi connectivity index (χ0v) is 13.6. The molecule has 0 bridgehead atoms. The molecule has 4 nitrogen and oxygen atoms in total. The number of aliphatic hydroxyl groups excluding tert-OH is 1. The average molecular weight is 304 g/mol. The first-order valence-electron chi connectivity index (χ1n) is 7.23. The van der Waals surface area contributed by atoms with Crippen molar-refractivity contribution in [1.29, 1.82) is 0 Å². The van der Waals surface area contributed by atoms with E-state index in [9.17, 15) is 9.90 Å². The third-order valence-electron chi connectivity index (χ3n) is 3.74. The predicted octanol–water partition coefficient (Wildman–Crippen LogP) is 2.81. The molecule has 2 atom stereocenters. The van der Waals surface area contributed by atoms with Crippen molar-refractivity contribution in [2.45, 2.75) is 32.2 Å². The van der Waals surface area contributed by atoms with Gasteiger partial charge >= 0.3 is 0 Å². The normalized spacial score (nSPS) is 25.0. The summed E-state index contributed by atoms with van der Waals surface area (Å²) >= 11 is 0. The van der Waals surface area contributed by atoms with Crippen LogP contribution in [0.3, 0.4) is 0 Å². The van der Waals surface area contributed by atoms with Crippen LogP contribution in [0.1, 0.15) is 18.1 Å². The number of fused-ring (bicyclic) bond motifs is 2. The molecule has 2 aliphatic rings. The number of rotatable bonds is 2. The van der Waals surface area contributed by atoms with Gasteiger partial charge in [0.2, 0.25) is 8.32 Å². The van der Waals surface area contributed by atoms with E-state index in [0.717, 1.165) is 0 Å². The summed E-state index contributed by atoms with van der Waals surface area (Å²) in [7, 11) is -1.91. The first-order chi connectivity index (χ1) is 9.87. The molecule has 0 aromatic heterocycles. The Balaban J connectivity index is 2.08. The van der Waals surface area contributed by atoms with Gasteiger partial charge in [0, 0.05) is 23.5 Å². The lowest BCUT2D eigenvalue weighted by Crippen LogP contribution is -2.27. The van der Waals surface area contributed by atoms with Crippen LogP contribution in [0.2, 0.25) is 19.6 Å². The van der Waals surface area contributed by atoms with Gasteiger partial charge in [0.25, 0.3) is 0 Å². The topological polar surface area (TPSA) is 55.8 Å². The van der Waals surface area contributed by atoms with Crippen molar-refractivity contribution in [3.05, 3.63) is 41.2 Å². The van der Waals surface area contributed by atoms with Crippen LogP contribution in [0.25, 0.3) is 0 Å². The Hall–Kier alpha value is -1.59. The summed E-state index contributed by atoms with van der Waals surface area (Å²) in [5.74, 6) is 0.962. The smallest absolute Gasteiger partial charge is 0.242 e. The van der Waals surface area contributed by atoms with E-state index < -0.39 is 14.4 Å². The average Bonchev–Trinajstić information content (AvgIpc) is 2.62. The fraction of sp³-hybridized carbons (Fsp3) is 0.438. The highest BCUT2D eigenvalue weighted by Crippen LogP contribution is 2.44. The molecule has 5 heteroatoms. The highest BCUT2D eigenvalue weighted by atomic mass is 28.4. The Bertz CT molecular complexity index is 615. The zero-order chi connectivity index (χ0) is 15.2. The standard InChI is InChI=1S/C16H20O4Si/c1-21(2,3)20-16-12(17)8-10-9-19-13-7-5-4-6-11(13)15(18)14(10)16/h4-7,10,15,18H,8-9H2,1-3H3/t10-,15-/m1/s1. The first kappa shape index (κ1) is 14.3. The van der Waals surface area contributed by atoms with Gasteiger partial charge in [0.05, 0.1) is 6.61 Å². The number of carbonyl (C=O) groups is 1. The molecule has 0 fully saturated rings. The minimum atomic E-state index is -1.91. The molecule has 0 amide bonds. The maximum atomic E-state index is 12.3. The molecular weight excluding hydrogens is 284 g/mol. The van der Waals surface area contributed by atoms with E-state index in [1.165, 1.54) is 0 Å². The Morgan fingerprint density at radius 2 is 2.00 bits per heavy atom. The van der Waals surface area contributed by atoms with Crippen LogP contribution in [0.15, 0.2) is 35.6 Å². The summed E-state index contributed by atoms with van der Waals surface area (Å²) < 4.78 is 11.7. The number of para-hydroxylation sites is 1. The number of hydrogen-bond acceptors (Lipinski definition) is 4. The minimum absolute atomic E-state index is 0.0144. The summed E-state index contributed by atoms with van der Waals surface area (Å²) in [5, 5.41) is 10.7. The molecule has 1 aliphatic heterocycles. The highest BCUT2D eigenvalue weighted by Gasteiger charge is 2.42. The number of Topliss-reactive ketones (excluding diaryl/α,β-unsaturated/α-hetero) is 1. The van der Waals surface area contributed by atoms with Crippen molar-refractivity contribution in [2.24, 2.45) is 5.92 Å². The second-order valence-electron chi connectivity index (χ2n) is 6.57. The molecule has 21 heavy (non-hydrogen) atoms.